The second-order valence-electron chi connectivity index (χ2n) is 6.15. The van der Waals surface area contributed by atoms with Gasteiger partial charge >= 0.3 is 0 Å². The van der Waals surface area contributed by atoms with Gasteiger partial charge < -0.3 is 0 Å². The standard InChI is InChI=1S/C25H24/c1-4-12-22(13-5-1)16-10-11-19-25(24-17-8-3-9-18-24)21-20-23-14-6-2-7-15-23/h1-9,12-15,17-21H,10-11,16H2/b21-20+,25-19+. The van der Waals surface area contributed by atoms with E-state index in [-0.39, 0.29) is 0 Å². The molecular formula is C25H24. The van der Waals surface area contributed by atoms with Crippen LogP contribution in [0.5, 0.6) is 0 Å². The van der Waals surface area contributed by atoms with E-state index >= 15 is 0 Å². The zero-order valence-corrected chi connectivity index (χ0v) is 14.5. The molecule has 0 aromatic heterocycles. The van der Waals surface area contributed by atoms with Crippen LogP contribution in [0.2, 0.25) is 0 Å². The van der Waals surface area contributed by atoms with Crippen molar-refractivity contribution in [2.24, 2.45) is 0 Å². The number of hydrogen-bond acceptors (Lipinski definition) is 0. The summed E-state index contributed by atoms with van der Waals surface area (Å²) in [5.41, 5.74) is 5.21. The monoisotopic (exact) mass is 324 g/mol. The first-order chi connectivity index (χ1) is 12.4. The van der Waals surface area contributed by atoms with Crippen molar-refractivity contribution in [2.75, 3.05) is 0 Å². The predicted octanol–water partition coefficient (Wildman–Crippen LogP) is 6.81. The third kappa shape index (κ3) is 5.61. The molecule has 25 heavy (non-hydrogen) atoms. The van der Waals surface area contributed by atoms with Gasteiger partial charge in [-0.3, -0.25) is 0 Å². The lowest BCUT2D eigenvalue weighted by atomic mass is 10.0. The third-order valence-corrected chi connectivity index (χ3v) is 4.24. The minimum absolute atomic E-state index is 1.08. The highest BCUT2D eigenvalue weighted by Crippen LogP contribution is 2.19. The lowest BCUT2D eigenvalue weighted by molar-refractivity contribution is 0.844. The Labute approximate surface area is 151 Å². The molecule has 0 bridgehead atoms. The fraction of sp³-hybridized carbons (Fsp3) is 0.120. The van der Waals surface area contributed by atoms with E-state index in [1.165, 1.54) is 28.7 Å². The zero-order chi connectivity index (χ0) is 17.2. The molecule has 0 N–H and O–H groups in total. The molecule has 0 amide bonds. The summed E-state index contributed by atoms with van der Waals surface area (Å²) in [5, 5.41) is 0. The summed E-state index contributed by atoms with van der Waals surface area (Å²) in [6, 6.07) is 31.8. The normalized spacial score (nSPS) is 11.8. The second kappa shape index (κ2) is 9.44. The quantitative estimate of drug-likeness (QED) is 0.331. The molecule has 0 saturated heterocycles. The maximum Gasteiger partial charge on any atom is -0.0187 e. The molecule has 3 aromatic carbocycles. The Hall–Kier alpha value is -2.86. The molecule has 0 spiro atoms. The van der Waals surface area contributed by atoms with Crippen LogP contribution in [0, 0.1) is 0 Å². The summed E-state index contributed by atoms with van der Waals surface area (Å²) in [5.74, 6) is 0. The fourth-order valence-electron chi connectivity index (χ4n) is 2.87. The first-order valence-electron chi connectivity index (χ1n) is 8.94. The van der Waals surface area contributed by atoms with E-state index in [4.69, 9.17) is 0 Å². The highest BCUT2D eigenvalue weighted by molar-refractivity contribution is 5.78. The predicted molar refractivity (Wildman–Crippen MR) is 109 cm³/mol. The summed E-state index contributed by atoms with van der Waals surface area (Å²) in [4.78, 5) is 0. The highest BCUT2D eigenvalue weighted by Gasteiger charge is 1.98. The van der Waals surface area contributed by atoms with Gasteiger partial charge in [-0.2, -0.15) is 0 Å². The van der Waals surface area contributed by atoms with Crippen LogP contribution >= 0.6 is 0 Å². The smallest absolute Gasteiger partial charge is 0.0187 e. The summed E-state index contributed by atoms with van der Waals surface area (Å²) >= 11 is 0. The Kier molecular flexibility index (Phi) is 6.41. The van der Waals surface area contributed by atoms with Gasteiger partial charge in [-0.25, -0.2) is 0 Å². The van der Waals surface area contributed by atoms with Gasteiger partial charge in [0, 0.05) is 0 Å². The average molecular weight is 324 g/mol. The Morgan fingerprint density at radius 1 is 0.680 bits per heavy atom. The van der Waals surface area contributed by atoms with Crippen molar-refractivity contribution < 1.29 is 0 Å². The Morgan fingerprint density at radius 3 is 1.96 bits per heavy atom. The lowest BCUT2D eigenvalue weighted by Gasteiger charge is -2.04. The van der Waals surface area contributed by atoms with Crippen molar-refractivity contribution >= 4 is 11.6 Å². The van der Waals surface area contributed by atoms with E-state index < -0.39 is 0 Å². The molecule has 0 heterocycles. The number of unbranched alkanes of at least 4 members (excludes halogenated alkanes) is 1. The van der Waals surface area contributed by atoms with Gasteiger partial charge in [-0.05, 0) is 41.5 Å². The van der Waals surface area contributed by atoms with Crippen LogP contribution in [0.3, 0.4) is 0 Å². The van der Waals surface area contributed by atoms with Crippen LogP contribution in [0.1, 0.15) is 29.5 Å². The van der Waals surface area contributed by atoms with Gasteiger partial charge in [-0.15, -0.1) is 0 Å². The van der Waals surface area contributed by atoms with Gasteiger partial charge in [-0.1, -0.05) is 109 Å². The summed E-state index contributed by atoms with van der Waals surface area (Å²) < 4.78 is 0. The zero-order valence-electron chi connectivity index (χ0n) is 14.5. The summed E-state index contributed by atoms with van der Waals surface area (Å²) in [7, 11) is 0. The van der Waals surface area contributed by atoms with E-state index in [1.807, 2.05) is 0 Å². The molecule has 3 rings (SSSR count). The molecule has 124 valence electrons. The van der Waals surface area contributed by atoms with Crippen LogP contribution in [0.15, 0.2) is 103 Å². The highest BCUT2D eigenvalue weighted by atomic mass is 14.0. The molecule has 0 atom stereocenters. The molecule has 0 aliphatic rings. The fourth-order valence-corrected chi connectivity index (χ4v) is 2.87. The SMILES string of the molecule is C(=C\c1ccccc1)/C(=C\CCCc1ccccc1)c1ccccc1. The van der Waals surface area contributed by atoms with Gasteiger partial charge in [0.2, 0.25) is 0 Å². The summed E-state index contributed by atoms with van der Waals surface area (Å²) in [6.45, 7) is 0. The molecule has 0 saturated carbocycles. The van der Waals surface area contributed by atoms with Crippen LogP contribution in [-0.4, -0.2) is 0 Å². The van der Waals surface area contributed by atoms with Crippen molar-refractivity contribution in [1.29, 1.82) is 0 Å². The maximum atomic E-state index is 2.36. The van der Waals surface area contributed by atoms with Crippen molar-refractivity contribution in [2.45, 2.75) is 19.3 Å². The van der Waals surface area contributed by atoms with Crippen LogP contribution in [0.4, 0.5) is 0 Å². The van der Waals surface area contributed by atoms with E-state index in [0.29, 0.717) is 0 Å². The first kappa shape index (κ1) is 17.0. The van der Waals surface area contributed by atoms with Crippen molar-refractivity contribution in [3.8, 4) is 0 Å². The van der Waals surface area contributed by atoms with Gasteiger partial charge in [0.25, 0.3) is 0 Å². The topological polar surface area (TPSA) is 0 Å². The van der Waals surface area contributed by atoms with Crippen molar-refractivity contribution in [3.63, 3.8) is 0 Å². The number of aryl methyl sites for hydroxylation is 1. The maximum absolute atomic E-state index is 2.36. The number of hydrogen-bond donors (Lipinski definition) is 0. The van der Waals surface area contributed by atoms with Crippen LogP contribution in [0.25, 0.3) is 11.6 Å². The summed E-state index contributed by atoms with van der Waals surface area (Å²) in [6.07, 6.45) is 10.2. The Bertz CT molecular complexity index is 796. The van der Waals surface area contributed by atoms with Gasteiger partial charge in [0.15, 0.2) is 0 Å². The average Bonchev–Trinajstić information content (AvgIpc) is 2.70. The molecule has 0 radical (unpaired) electrons. The molecule has 0 aliphatic heterocycles. The van der Waals surface area contributed by atoms with E-state index in [9.17, 15) is 0 Å². The number of benzene rings is 3. The van der Waals surface area contributed by atoms with Crippen LogP contribution < -0.4 is 0 Å². The van der Waals surface area contributed by atoms with E-state index in [1.54, 1.807) is 0 Å². The number of rotatable bonds is 7. The first-order valence-corrected chi connectivity index (χ1v) is 8.94. The van der Waals surface area contributed by atoms with Gasteiger partial charge in [0.05, 0.1) is 0 Å². The second-order valence-corrected chi connectivity index (χ2v) is 6.15. The largest absolute Gasteiger partial charge is 0.0766 e. The molecule has 0 aliphatic carbocycles. The lowest BCUT2D eigenvalue weighted by Crippen LogP contribution is -1.85. The van der Waals surface area contributed by atoms with Crippen molar-refractivity contribution in [1.82, 2.24) is 0 Å². The molecule has 0 fully saturated rings. The van der Waals surface area contributed by atoms with Crippen molar-refractivity contribution in [3.05, 3.63) is 120 Å². The number of allylic oxidation sites excluding steroid dienone is 3. The molecule has 0 unspecified atom stereocenters. The van der Waals surface area contributed by atoms with Crippen LogP contribution in [-0.2, 0) is 6.42 Å². The minimum atomic E-state index is 1.08. The minimum Gasteiger partial charge on any atom is -0.0766 e. The van der Waals surface area contributed by atoms with Gasteiger partial charge in [0.1, 0.15) is 0 Å². The van der Waals surface area contributed by atoms with E-state index in [0.717, 1.165) is 12.8 Å². The molecule has 3 aromatic rings. The molecule has 0 nitrogen and oxygen atoms in total. The third-order valence-electron chi connectivity index (χ3n) is 4.24. The Balaban J connectivity index is 1.69. The van der Waals surface area contributed by atoms with E-state index in [2.05, 4.69) is 109 Å². The molecular weight excluding hydrogens is 300 g/mol. The molecule has 0 heteroatoms. The Morgan fingerprint density at radius 2 is 1.28 bits per heavy atom.